The Labute approximate surface area is 183 Å². The molecule has 2 aromatic heterocycles. The molecule has 0 spiro atoms. The molecule has 0 radical (unpaired) electrons. The van der Waals surface area contributed by atoms with Crippen LogP contribution in [-0.4, -0.2) is 67.6 Å². The summed E-state index contributed by atoms with van der Waals surface area (Å²) < 4.78 is 6.13. The van der Waals surface area contributed by atoms with Gasteiger partial charge in [-0.2, -0.15) is 0 Å². The van der Waals surface area contributed by atoms with Crippen LogP contribution in [0.5, 0.6) is 0 Å². The minimum atomic E-state index is -0.253. The van der Waals surface area contributed by atoms with Crippen LogP contribution in [0.4, 0.5) is 0 Å². The molecule has 3 unspecified atom stereocenters. The summed E-state index contributed by atoms with van der Waals surface area (Å²) in [5.74, 6) is -0.177. The first-order valence-corrected chi connectivity index (χ1v) is 11.6. The highest BCUT2D eigenvalue weighted by Gasteiger charge is 2.38. The summed E-state index contributed by atoms with van der Waals surface area (Å²) in [7, 11) is 3.73. The summed E-state index contributed by atoms with van der Waals surface area (Å²) in [6, 6.07) is 5.54. The van der Waals surface area contributed by atoms with Crippen LogP contribution in [0.1, 0.15) is 42.7 Å². The number of carbonyl (C=O) groups is 2. The van der Waals surface area contributed by atoms with E-state index in [-0.39, 0.29) is 24.0 Å². The van der Waals surface area contributed by atoms with Crippen LogP contribution >= 0.6 is 34.3 Å². The first-order valence-electron chi connectivity index (χ1n) is 9.58. The van der Waals surface area contributed by atoms with Crippen molar-refractivity contribution < 1.29 is 14.3 Å². The van der Waals surface area contributed by atoms with Gasteiger partial charge in [0.2, 0.25) is 0 Å². The Morgan fingerprint density at radius 1 is 1.24 bits per heavy atom. The van der Waals surface area contributed by atoms with E-state index in [0.717, 1.165) is 17.8 Å². The van der Waals surface area contributed by atoms with Gasteiger partial charge in [-0.1, -0.05) is 11.6 Å². The number of amides is 2. The first-order chi connectivity index (χ1) is 13.9. The van der Waals surface area contributed by atoms with Gasteiger partial charge in [0.1, 0.15) is 0 Å². The van der Waals surface area contributed by atoms with Gasteiger partial charge in [-0.3, -0.25) is 14.5 Å². The number of carbonyl (C=O) groups excluding carboxylic acids is 2. The van der Waals surface area contributed by atoms with Gasteiger partial charge in [0, 0.05) is 37.7 Å². The maximum absolute atomic E-state index is 13.2. The number of rotatable bonds is 4. The predicted molar refractivity (Wildman–Crippen MR) is 116 cm³/mol. The van der Waals surface area contributed by atoms with Crippen molar-refractivity contribution >= 4 is 46.1 Å². The van der Waals surface area contributed by atoms with Gasteiger partial charge in [-0.15, -0.1) is 22.7 Å². The number of halogens is 1. The number of fused-ring (bicyclic) bond motifs is 1. The Bertz CT molecular complexity index is 928. The molecule has 0 aromatic carbocycles. The average molecular weight is 454 g/mol. The predicted octanol–water partition coefficient (Wildman–Crippen LogP) is 3.28. The molecular formula is C20H24ClN3O3S2. The molecule has 2 aliphatic heterocycles. The fraction of sp³-hybridized carbons (Fsp3) is 0.500. The van der Waals surface area contributed by atoms with Crippen LogP contribution in [0.3, 0.4) is 0 Å². The Hall–Kier alpha value is -1.45. The number of thiophene rings is 2. The number of ether oxygens (including phenoxy) is 1. The molecule has 9 heteroatoms. The molecule has 4 heterocycles. The van der Waals surface area contributed by atoms with Crippen molar-refractivity contribution in [1.29, 1.82) is 0 Å². The lowest BCUT2D eigenvalue weighted by atomic mass is 10.0. The summed E-state index contributed by atoms with van der Waals surface area (Å²) in [5.41, 5.74) is 1.28. The monoisotopic (exact) mass is 453 g/mol. The molecule has 1 saturated heterocycles. The molecule has 2 aromatic rings. The van der Waals surface area contributed by atoms with Gasteiger partial charge in [0.15, 0.2) is 0 Å². The van der Waals surface area contributed by atoms with E-state index < -0.39 is 0 Å². The number of likely N-dealkylation sites (N-methyl/N-ethyl adjacent to an activating group) is 1. The van der Waals surface area contributed by atoms with E-state index in [2.05, 4.69) is 24.2 Å². The summed E-state index contributed by atoms with van der Waals surface area (Å²) in [5, 5.41) is 3.00. The second kappa shape index (κ2) is 8.35. The number of nitrogens with zero attached hydrogens (tertiary/aromatic N) is 2. The minimum absolute atomic E-state index is 0.0113. The van der Waals surface area contributed by atoms with E-state index in [1.165, 1.54) is 21.8 Å². The highest BCUT2D eigenvalue weighted by atomic mass is 35.5. The van der Waals surface area contributed by atoms with Crippen molar-refractivity contribution in [3.8, 4) is 0 Å². The molecule has 29 heavy (non-hydrogen) atoms. The minimum Gasteiger partial charge on any atom is -0.377 e. The molecule has 3 atom stereocenters. The third-order valence-corrected chi connectivity index (χ3v) is 8.36. The van der Waals surface area contributed by atoms with E-state index in [4.69, 9.17) is 16.3 Å². The zero-order valence-corrected chi connectivity index (χ0v) is 19.0. The third kappa shape index (κ3) is 4.09. The topological polar surface area (TPSA) is 61.9 Å². The first kappa shape index (κ1) is 20.8. The molecule has 2 amide bonds. The number of hydrogen-bond donors (Lipinski definition) is 1. The van der Waals surface area contributed by atoms with E-state index >= 15 is 0 Å². The lowest BCUT2D eigenvalue weighted by Gasteiger charge is -2.29. The van der Waals surface area contributed by atoms with Crippen molar-refractivity contribution in [2.45, 2.75) is 31.5 Å². The molecular weight excluding hydrogens is 430 g/mol. The van der Waals surface area contributed by atoms with Crippen molar-refractivity contribution in [2.24, 2.45) is 0 Å². The Morgan fingerprint density at radius 2 is 2.03 bits per heavy atom. The second-order valence-corrected chi connectivity index (χ2v) is 10.4. The third-order valence-electron chi connectivity index (χ3n) is 5.80. The summed E-state index contributed by atoms with van der Waals surface area (Å²) in [4.78, 5) is 32.4. The molecule has 0 bridgehead atoms. The van der Waals surface area contributed by atoms with Crippen LogP contribution < -0.4 is 5.32 Å². The van der Waals surface area contributed by atoms with Crippen LogP contribution in [0.2, 0.25) is 4.34 Å². The summed E-state index contributed by atoms with van der Waals surface area (Å²) >= 11 is 8.76. The van der Waals surface area contributed by atoms with Gasteiger partial charge >= 0.3 is 0 Å². The van der Waals surface area contributed by atoms with Gasteiger partial charge in [0.25, 0.3) is 11.8 Å². The van der Waals surface area contributed by atoms with Crippen LogP contribution in [0.25, 0.3) is 0 Å². The average Bonchev–Trinajstić information content (AvgIpc) is 3.42. The molecule has 1 N–H and O–H groups in total. The maximum Gasteiger partial charge on any atom is 0.264 e. The molecule has 0 aliphatic carbocycles. The molecule has 0 saturated carbocycles. The molecule has 156 valence electrons. The SMILES string of the molecule is COC1CN(C(=O)c2cc3c(s2)C(C)N(C)CC3)CC1NC(=O)c1ccc(Cl)s1. The van der Waals surface area contributed by atoms with Gasteiger partial charge in [-0.25, -0.2) is 0 Å². The van der Waals surface area contributed by atoms with Crippen molar-refractivity contribution in [2.75, 3.05) is 33.8 Å². The van der Waals surface area contributed by atoms with Crippen molar-refractivity contribution in [3.05, 3.63) is 42.7 Å². The fourth-order valence-corrected chi connectivity index (χ4v) is 6.18. The molecule has 1 fully saturated rings. The number of nitrogens with one attached hydrogen (secondary N) is 1. The largest absolute Gasteiger partial charge is 0.377 e. The second-order valence-electron chi connectivity index (χ2n) is 7.57. The van der Waals surface area contributed by atoms with Crippen LogP contribution in [-0.2, 0) is 11.2 Å². The van der Waals surface area contributed by atoms with Crippen molar-refractivity contribution in [3.63, 3.8) is 0 Å². The number of methoxy groups -OCH3 is 1. The van der Waals surface area contributed by atoms with Crippen LogP contribution in [0.15, 0.2) is 18.2 Å². The zero-order valence-electron chi connectivity index (χ0n) is 16.6. The van der Waals surface area contributed by atoms with Gasteiger partial charge in [-0.05, 0) is 44.2 Å². The lowest BCUT2D eigenvalue weighted by molar-refractivity contribution is 0.0695. The van der Waals surface area contributed by atoms with E-state index in [1.54, 1.807) is 35.5 Å². The quantitative estimate of drug-likeness (QED) is 0.771. The maximum atomic E-state index is 13.2. The smallest absolute Gasteiger partial charge is 0.264 e. The molecule has 4 rings (SSSR count). The normalized spacial score (nSPS) is 24.6. The Balaban J connectivity index is 1.46. The van der Waals surface area contributed by atoms with Crippen molar-refractivity contribution in [1.82, 2.24) is 15.1 Å². The summed E-state index contributed by atoms with van der Waals surface area (Å²) in [6.07, 6.45) is 0.737. The number of likely N-dealkylation sites (tertiary alicyclic amines) is 1. The van der Waals surface area contributed by atoms with Gasteiger partial charge in [0.05, 0.1) is 26.2 Å². The lowest BCUT2D eigenvalue weighted by Crippen LogP contribution is -2.43. The Morgan fingerprint density at radius 3 is 2.72 bits per heavy atom. The van der Waals surface area contributed by atoms with Gasteiger partial charge < -0.3 is 15.0 Å². The zero-order chi connectivity index (χ0) is 20.7. The summed E-state index contributed by atoms with van der Waals surface area (Å²) in [6.45, 7) is 4.08. The number of hydrogen-bond acceptors (Lipinski definition) is 6. The Kier molecular flexibility index (Phi) is 5.99. The van der Waals surface area contributed by atoms with E-state index in [1.807, 2.05) is 6.07 Å². The standard InChI is InChI=1S/C20H24ClN3O3S2/c1-11-18-12(6-7-23(11)2)8-16(29-18)20(26)24-9-13(14(10-24)27-3)22-19(25)15-4-5-17(21)28-15/h4-5,8,11,13-14H,6-7,9-10H2,1-3H3,(H,22,25). The van der Waals surface area contributed by atoms with Crippen LogP contribution in [0, 0.1) is 0 Å². The van der Waals surface area contributed by atoms with E-state index in [0.29, 0.717) is 28.3 Å². The molecule has 2 aliphatic rings. The highest BCUT2D eigenvalue weighted by molar-refractivity contribution is 7.18. The fourth-order valence-electron chi connectivity index (χ4n) is 3.94. The highest BCUT2D eigenvalue weighted by Crippen LogP contribution is 2.36. The molecule has 6 nitrogen and oxygen atoms in total. The van der Waals surface area contributed by atoms with E-state index in [9.17, 15) is 9.59 Å².